The van der Waals surface area contributed by atoms with Crippen molar-refractivity contribution in [3.8, 4) is 11.8 Å². The second kappa shape index (κ2) is 4.45. The van der Waals surface area contributed by atoms with Gasteiger partial charge in [0, 0.05) is 13.1 Å². The number of hydrogen-bond donors (Lipinski definition) is 2. The second-order valence-electron chi connectivity index (χ2n) is 3.60. The molecule has 0 bridgehead atoms. The molecule has 3 N–H and O–H groups in total. The molecule has 1 aliphatic heterocycles. The number of amides is 1. The van der Waals surface area contributed by atoms with Crippen molar-refractivity contribution in [2.45, 2.75) is 25.4 Å². The summed E-state index contributed by atoms with van der Waals surface area (Å²) in [5, 5.41) is 9.75. The highest BCUT2D eigenvalue weighted by Gasteiger charge is 2.37. The summed E-state index contributed by atoms with van der Waals surface area (Å²) in [5.74, 6) is 5.15. The van der Waals surface area contributed by atoms with Crippen LogP contribution in [-0.4, -0.2) is 41.1 Å². The van der Waals surface area contributed by atoms with Gasteiger partial charge in [-0.1, -0.05) is 5.92 Å². The van der Waals surface area contributed by atoms with Crippen molar-refractivity contribution in [3.63, 3.8) is 0 Å². The van der Waals surface area contributed by atoms with Crippen LogP contribution < -0.4 is 5.73 Å². The molecule has 1 saturated heterocycles. The third-order valence-electron chi connectivity index (χ3n) is 2.62. The Morgan fingerprint density at radius 1 is 1.57 bits per heavy atom. The first-order valence-electron chi connectivity index (χ1n) is 4.73. The summed E-state index contributed by atoms with van der Waals surface area (Å²) >= 11 is 0. The monoisotopic (exact) mass is 196 g/mol. The van der Waals surface area contributed by atoms with Crippen LogP contribution in [0.3, 0.4) is 0 Å². The molecule has 0 aromatic rings. The van der Waals surface area contributed by atoms with Gasteiger partial charge in [0.15, 0.2) is 0 Å². The summed E-state index contributed by atoms with van der Waals surface area (Å²) in [5.41, 5.74) is 3.82. The number of nitrogens with zero attached hydrogens (tertiary/aromatic N) is 1. The Labute approximate surface area is 84.1 Å². The van der Waals surface area contributed by atoms with Crippen molar-refractivity contribution < 1.29 is 9.90 Å². The molecule has 1 rings (SSSR count). The van der Waals surface area contributed by atoms with Crippen LogP contribution in [-0.2, 0) is 4.79 Å². The molecule has 0 aliphatic carbocycles. The highest BCUT2D eigenvalue weighted by atomic mass is 16.3. The van der Waals surface area contributed by atoms with Crippen molar-refractivity contribution in [2.24, 2.45) is 5.73 Å². The van der Waals surface area contributed by atoms with Gasteiger partial charge in [-0.25, -0.2) is 0 Å². The van der Waals surface area contributed by atoms with E-state index in [0.717, 1.165) is 0 Å². The van der Waals surface area contributed by atoms with Gasteiger partial charge in [0.05, 0.1) is 6.54 Å². The quantitative estimate of drug-likeness (QED) is 0.575. The SMILES string of the molecule is CC#CCN1CCC(O)(C(N)=O)CC1. The standard InChI is InChI=1S/C10H16N2O2/c1-2-3-6-12-7-4-10(14,5-8-12)9(11)13/h14H,4-8H2,1H3,(H2,11,13). The molecule has 0 aromatic heterocycles. The molecular weight excluding hydrogens is 180 g/mol. The Morgan fingerprint density at radius 2 is 2.14 bits per heavy atom. The molecule has 4 nitrogen and oxygen atoms in total. The van der Waals surface area contributed by atoms with E-state index >= 15 is 0 Å². The van der Waals surface area contributed by atoms with E-state index in [9.17, 15) is 9.90 Å². The lowest BCUT2D eigenvalue weighted by Gasteiger charge is -2.34. The molecule has 0 aromatic carbocycles. The maximum absolute atomic E-state index is 10.9. The van der Waals surface area contributed by atoms with E-state index in [1.165, 1.54) is 0 Å². The van der Waals surface area contributed by atoms with E-state index in [2.05, 4.69) is 16.7 Å². The van der Waals surface area contributed by atoms with Gasteiger partial charge >= 0.3 is 0 Å². The first-order chi connectivity index (χ1) is 6.58. The summed E-state index contributed by atoms with van der Waals surface area (Å²) in [7, 11) is 0. The zero-order valence-electron chi connectivity index (χ0n) is 8.42. The van der Waals surface area contributed by atoms with Crippen molar-refractivity contribution >= 4 is 5.91 Å². The van der Waals surface area contributed by atoms with E-state index < -0.39 is 11.5 Å². The van der Waals surface area contributed by atoms with Crippen molar-refractivity contribution in [1.82, 2.24) is 4.90 Å². The fraction of sp³-hybridized carbons (Fsp3) is 0.700. The average molecular weight is 196 g/mol. The van der Waals surface area contributed by atoms with Gasteiger partial charge in [0.2, 0.25) is 5.91 Å². The number of rotatable bonds is 2. The number of primary amides is 1. The molecule has 1 fully saturated rings. The normalized spacial score (nSPS) is 21.0. The predicted molar refractivity (Wildman–Crippen MR) is 53.3 cm³/mol. The van der Waals surface area contributed by atoms with Crippen LogP contribution in [0.4, 0.5) is 0 Å². The maximum atomic E-state index is 10.9. The number of likely N-dealkylation sites (tertiary alicyclic amines) is 1. The van der Waals surface area contributed by atoms with Gasteiger partial charge in [-0.05, 0) is 19.8 Å². The maximum Gasteiger partial charge on any atom is 0.249 e. The van der Waals surface area contributed by atoms with E-state index in [1.54, 1.807) is 6.92 Å². The minimum atomic E-state index is -1.30. The number of piperidine rings is 1. The van der Waals surface area contributed by atoms with Crippen molar-refractivity contribution in [3.05, 3.63) is 0 Å². The number of hydrogen-bond acceptors (Lipinski definition) is 3. The smallest absolute Gasteiger partial charge is 0.249 e. The van der Waals surface area contributed by atoms with E-state index in [1.807, 2.05) is 0 Å². The molecule has 14 heavy (non-hydrogen) atoms. The second-order valence-corrected chi connectivity index (χ2v) is 3.60. The molecular formula is C10H16N2O2. The lowest BCUT2D eigenvalue weighted by atomic mass is 9.91. The molecule has 0 spiro atoms. The van der Waals surface area contributed by atoms with Crippen LogP contribution in [0.1, 0.15) is 19.8 Å². The van der Waals surface area contributed by atoms with Gasteiger partial charge < -0.3 is 10.8 Å². The minimum absolute atomic E-state index is 0.410. The van der Waals surface area contributed by atoms with Crippen LogP contribution in [0.5, 0.6) is 0 Å². The Morgan fingerprint density at radius 3 is 2.57 bits per heavy atom. The lowest BCUT2D eigenvalue weighted by molar-refractivity contribution is -0.140. The molecule has 1 heterocycles. The van der Waals surface area contributed by atoms with Crippen LogP contribution in [0.25, 0.3) is 0 Å². The first-order valence-corrected chi connectivity index (χ1v) is 4.73. The minimum Gasteiger partial charge on any atom is -0.380 e. The van der Waals surface area contributed by atoms with Gasteiger partial charge in [0.1, 0.15) is 5.60 Å². The van der Waals surface area contributed by atoms with Gasteiger partial charge in [-0.15, -0.1) is 5.92 Å². The molecule has 1 amide bonds. The Hall–Kier alpha value is -1.05. The topological polar surface area (TPSA) is 66.6 Å². The molecule has 4 heteroatoms. The highest BCUT2D eigenvalue weighted by molar-refractivity contribution is 5.83. The Balaban J connectivity index is 2.44. The largest absolute Gasteiger partial charge is 0.380 e. The predicted octanol–water partition coefficient (Wildman–Crippen LogP) is -0.678. The summed E-state index contributed by atoms with van der Waals surface area (Å²) in [6.45, 7) is 3.84. The number of nitrogens with two attached hydrogens (primary N) is 1. The third kappa shape index (κ3) is 2.47. The first kappa shape index (κ1) is 11.0. The number of carbonyl (C=O) groups is 1. The molecule has 0 atom stereocenters. The third-order valence-corrected chi connectivity index (χ3v) is 2.62. The molecule has 0 unspecified atom stereocenters. The highest BCUT2D eigenvalue weighted by Crippen LogP contribution is 2.21. The number of aliphatic hydroxyl groups is 1. The van der Waals surface area contributed by atoms with Gasteiger partial charge in [-0.3, -0.25) is 9.69 Å². The zero-order chi connectivity index (χ0) is 10.6. The Bertz CT molecular complexity index is 270. The summed E-state index contributed by atoms with van der Waals surface area (Å²) < 4.78 is 0. The summed E-state index contributed by atoms with van der Waals surface area (Å²) in [6.07, 6.45) is 0.821. The van der Waals surface area contributed by atoms with Gasteiger partial charge in [0.25, 0.3) is 0 Å². The lowest BCUT2D eigenvalue weighted by Crippen LogP contribution is -2.52. The van der Waals surface area contributed by atoms with E-state index in [4.69, 9.17) is 5.73 Å². The molecule has 0 radical (unpaired) electrons. The Kier molecular flexibility index (Phi) is 3.50. The summed E-state index contributed by atoms with van der Waals surface area (Å²) in [4.78, 5) is 13.0. The fourth-order valence-corrected chi connectivity index (χ4v) is 1.52. The van der Waals surface area contributed by atoms with E-state index in [0.29, 0.717) is 32.5 Å². The zero-order valence-corrected chi connectivity index (χ0v) is 8.42. The molecule has 0 saturated carbocycles. The van der Waals surface area contributed by atoms with Crippen molar-refractivity contribution in [2.75, 3.05) is 19.6 Å². The van der Waals surface area contributed by atoms with Crippen LogP contribution in [0.2, 0.25) is 0 Å². The number of carbonyl (C=O) groups excluding carboxylic acids is 1. The average Bonchev–Trinajstić information content (AvgIpc) is 2.17. The van der Waals surface area contributed by atoms with Crippen LogP contribution in [0, 0.1) is 11.8 Å². The van der Waals surface area contributed by atoms with Crippen molar-refractivity contribution in [1.29, 1.82) is 0 Å². The molecule has 1 aliphatic rings. The summed E-state index contributed by atoms with van der Waals surface area (Å²) in [6, 6.07) is 0. The van der Waals surface area contributed by atoms with E-state index in [-0.39, 0.29) is 0 Å². The fourth-order valence-electron chi connectivity index (χ4n) is 1.52. The van der Waals surface area contributed by atoms with Gasteiger partial charge in [-0.2, -0.15) is 0 Å². The molecule has 78 valence electrons. The van der Waals surface area contributed by atoms with Crippen LogP contribution >= 0.6 is 0 Å². The van der Waals surface area contributed by atoms with Crippen LogP contribution in [0.15, 0.2) is 0 Å².